The highest BCUT2D eigenvalue weighted by Crippen LogP contribution is 2.10. The number of nitrogens with zero attached hydrogens (tertiary/aromatic N) is 1. The maximum absolute atomic E-state index is 13.3. The Bertz CT molecular complexity index is 396. The Morgan fingerprint density at radius 1 is 1.41 bits per heavy atom. The monoisotopic (exact) mass is 242 g/mol. The number of amides is 1. The smallest absolute Gasteiger partial charge is 0.236 e. The second-order valence-corrected chi connectivity index (χ2v) is 3.83. The first-order chi connectivity index (χ1) is 8.04. The van der Waals surface area contributed by atoms with Gasteiger partial charge in [-0.1, -0.05) is 0 Å². The van der Waals surface area contributed by atoms with Crippen LogP contribution in [0.15, 0.2) is 18.2 Å². The zero-order valence-electron chi connectivity index (χ0n) is 9.96. The molecule has 1 aromatic rings. The van der Waals surface area contributed by atoms with Gasteiger partial charge in [0.05, 0.1) is 6.54 Å². The van der Waals surface area contributed by atoms with Gasteiger partial charge in [0, 0.05) is 13.6 Å². The summed E-state index contributed by atoms with van der Waals surface area (Å²) in [4.78, 5) is 12.9. The first kappa shape index (κ1) is 13.6. The van der Waals surface area contributed by atoms with E-state index in [1.54, 1.807) is 14.1 Å². The average Bonchev–Trinajstić information content (AvgIpc) is 2.30. The van der Waals surface area contributed by atoms with E-state index in [1.807, 2.05) is 0 Å². The average molecular weight is 242 g/mol. The first-order valence-electron chi connectivity index (χ1n) is 5.37. The van der Waals surface area contributed by atoms with Gasteiger partial charge in [-0.3, -0.25) is 4.79 Å². The van der Waals surface area contributed by atoms with Crippen LogP contribution in [0.2, 0.25) is 0 Å². The van der Waals surface area contributed by atoms with Crippen LogP contribution in [0.4, 0.5) is 8.78 Å². The Morgan fingerprint density at radius 2 is 2.12 bits per heavy atom. The molecular weight excluding hydrogens is 226 g/mol. The summed E-state index contributed by atoms with van der Waals surface area (Å²) in [6, 6.07) is 3.33. The topological polar surface area (TPSA) is 32.3 Å². The fraction of sp³-hybridized carbons (Fsp3) is 0.417. The van der Waals surface area contributed by atoms with Crippen LogP contribution in [0, 0.1) is 11.6 Å². The van der Waals surface area contributed by atoms with Crippen molar-refractivity contribution >= 4 is 5.91 Å². The Hall–Kier alpha value is -1.49. The van der Waals surface area contributed by atoms with Crippen molar-refractivity contribution in [3.05, 3.63) is 35.4 Å². The second kappa shape index (κ2) is 6.30. The lowest BCUT2D eigenvalue weighted by molar-refractivity contribution is -0.128. The highest BCUT2D eigenvalue weighted by atomic mass is 19.1. The fourth-order valence-electron chi connectivity index (χ4n) is 1.43. The Labute approximate surface area is 99.4 Å². The van der Waals surface area contributed by atoms with Gasteiger partial charge < -0.3 is 10.2 Å². The third kappa shape index (κ3) is 4.11. The molecule has 0 atom stereocenters. The minimum atomic E-state index is -0.467. The van der Waals surface area contributed by atoms with Crippen molar-refractivity contribution in [1.29, 1.82) is 0 Å². The summed E-state index contributed by atoms with van der Waals surface area (Å²) in [5, 5.41) is 2.74. The van der Waals surface area contributed by atoms with Crippen molar-refractivity contribution in [2.75, 3.05) is 27.2 Å². The SMILES string of the molecule is CNCC(=O)N(C)CCc1cc(F)ccc1F. The Balaban J connectivity index is 2.55. The second-order valence-electron chi connectivity index (χ2n) is 3.83. The molecule has 0 spiro atoms. The molecule has 0 saturated carbocycles. The number of carbonyl (C=O) groups is 1. The molecule has 0 aromatic heterocycles. The summed E-state index contributed by atoms with van der Waals surface area (Å²) in [5.74, 6) is -0.990. The number of nitrogens with one attached hydrogen (secondary N) is 1. The lowest BCUT2D eigenvalue weighted by Crippen LogP contribution is -2.35. The molecule has 0 aliphatic carbocycles. The van der Waals surface area contributed by atoms with Crippen LogP contribution in [0.25, 0.3) is 0 Å². The number of halogens is 2. The third-order valence-corrected chi connectivity index (χ3v) is 2.48. The van der Waals surface area contributed by atoms with Gasteiger partial charge in [-0.2, -0.15) is 0 Å². The van der Waals surface area contributed by atoms with Crippen LogP contribution in [0.5, 0.6) is 0 Å². The summed E-state index contributed by atoms with van der Waals surface area (Å²) in [6.45, 7) is 0.600. The molecule has 0 fully saturated rings. The zero-order valence-corrected chi connectivity index (χ0v) is 9.96. The zero-order chi connectivity index (χ0) is 12.8. The summed E-state index contributed by atoms with van der Waals surface area (Å²) in [5.41, 5.74) is 0.286. The van der Waals surface area contributed by atoms with Gasteiger partial charge in [-0.05, 0) is 37.2 Å². The van der Waals surface area contributed by atoms with Gasteiger partial charge in [0.15, 0.2) is 0 Å². The Kier molecular flexibility index (Phi) is 5.03. The maximum Gasteiger partial charge on any atom is 0.236 e. The molecule has 1 aromatic carbocycles. The first-order valence-corrected chi connectivity index (χ1v) is 5.37. The molecule has 1 amide bonds. The molecule has 94 valence electrons. The van der Waals surface area contributed by atoms with Gasteiger partial charge in [0.25, 0.3) is 0 Å². The normalized spacial score (nSPS) is 10.4. The van der Waals surface area contributed by atoms with Crippen molar-refractivity contribution < 1.29 is 13.6 Å². The quantitative estimate of drug-likeness (QED) is 0.841. The van der Waals surface area contributed by atoms with Gasteiger partial charge in [0.2, 0.25) is 5.91 Å². The van der Waals surface area contributed by atoms with Crippen LogP contribution < -0.4 is 5.32 Å². The summed E-state index contributed by atoms with van der Waals surface area (Å²) < 4.78 is 26.2. The van der Waals surface area contributed by atoms with Gasteiger partial charge in [-0.25, -0.2) is 8.78 Å². The van der Waals surface area contributed by atoms with Crippen LogP contribution in [-0.2, 0) is 11.2 Å². The standard InChI is InChI=1S/C12H16F2N2O/c1-15-8-12(17)16(2)6-5-9-7-10(13)3-4-11(9)14/h3-4,7,15H,5-6,8H2,1-2H3. The molecule has 17 heavy (non-hydrogen) atoms. The van der Waals surface area contributed by atoms with E-state index in [0.717, 1.165) is 18.2 Å². The molecule has 0 radical (unpaired) electrons. The molecule has 0 unspecified atom stereocenters. The summed E-state index contributed by atoms with van der Waals surface area (Å²) in [7, 11) is 3.31. The Morgan fingerprint density at radius 3 is 2.76 bits per heavy atom. The van der Waals surface area contributed by atoms with E-state index < -0.39 is 11.6 Å². The molecule has 3 nitrogen and oxygen atoms in total. The molecule has 0 heterocycles. The number of carbonyl (C=O) groups excluding carboxylic acids is 1. The molecule has 0 aliphatic rings. The van der Waals surface area contributed by atoms with E-state index in [9.17, 15) is 13.6 Å². The van der Waals surface area contributed by atoms with E-state index >= 15 is 0 Å². The molecule has 0 saturated heterocycles. The largest absolute Gasteiger partial charge is 0.344 e. The van der Waals surface area contributed by atoms with Crippen LogP contribution in [-0.4, -0.2) is 38.0 Å². The van der Waals surface area contributed by atoms with Crippen molar-refractivity contribution in [3.8, 4) is 0 Å². The van der Waals surface area contributed by atoms with Crippen LogP contribution in [0.3, 0.4) is 0 Å². The molecule has 1 rings (SSSR count). The molecule has 1 N–H and O–H groups in total. The van der Waals surface area contributed by atoms with E-state index in [1.165, 1.54) is 4.90 Å². The van der Waals surface area contributed by atoms with Crippen molar-refractivity contribution in [1.82, 2.24) is 10.2 Å². The van der Waals surface area contributed by atoms with Gasteiger partial charge in [-0.15, -0.1) is 0 Å². The molecule has 0 aliphatic heterocycles. The van der Waals surface area contributed by atoms with Crippen LogP contribution in [0.1, 0.15) is 5.56 Å². The van der Waals surface area contributed by atoms with Crippen molar-refractivity contribution in [3.63, 3.8) is 0 Å². The molecule has 5 heteroatoms. The molecule has 0 bridgehead atoms. The highest BCUT2D eigenvalue weighted by molar-refractivity contribution is 5.77. The number of likely N-dealkylation sites (N-methyl/N-ethyl adjacent to an activating group) is 2. The minimum Gasteiger partial charge on any atom is -0.344 e. The van der Waals surface area contributed by atoms with E-state index in [0.29, 0.717) is 13.0 Å². The fourth-order valence-corrected chi connectivity index (χ4v) is 1.43. The summed E-state index contributed by atoms with van der Waals surface area (Å²) in [6.07, 6.45) is 0.301. The number of hydrogen-bond acceptors (Lipinski definition) is 2. The van der Waals surface area contributed by atoms with E-state index in [-0.39, 0.29) is 18.0 Å². The number of rotatable bonds is 5. The molecular formula is C12H16F2N2O. The predicted molar refractivity (Wildman–Crippen MR) is 61.6 cm³/mol. The van der Waals surface area contributed by atoms with Crippen molar-refractivity contribution in [2.45, 2.75) is 6.42 Å². The summed E-state index contributed by atoms with van der Waals surface area (Å²) >= 11 is 0. The van der Waals surface area contributed by atoms with Gasteiger partial charge >= 0.3 is 0 Å². The van der Waals surface area contributed by atoms with Gasteiger partial charge in [0.1, 0.15) is 11.6 Å². The third-order valence-electron chi connectivity index (χ3n) is 2.48. The van der Waals surface area contributed by atoms with Crippen molar-refractivity contribution in [2.24, 2.45) is 0 Å². The number of hydrogen-bond donors (Lipinski definition) is 1. The van der Waals surface area contributed by atoms with E-state index in [2.05, 4.69) is 5.32 Å². The van der Waals surface area contributed by atoms with Crippen LogP contribution >= 0.6 is 0 Å². The lowest BCUT2D eigenvalue weighted by Gasteiger charge is -2.17. The minimum absolute atomic E-state index is 0.0793. The number of benzene rings is 1. The predicted octanol–water partition coefficient (Wildman–Crippen LogP) is 1.19. The lowest BCUT2D eigenvalue weighted by atomic mass is 10.1. The van der Waals surface area contributed by atoms with E-state index in [4.69, 9.17) is 0 Å². The maximum atomic E-state index is 13.3. The highest BCUT2D eigenvalue weighted by Gasteiger charge is 2.09.